The number of nitrogens with zero attached hydrogens (tertiary/aromatic N) is 1. The van der Waals surface area contributed by atoms with Crippen LogP contribution in [0.2, 0.25) is 0 Å². The van der Waals surface area contributed by atoms with Crippen LogP contribution in [0.25, 0.3) is 0 Å². The highest BCUT2D eigenvalue weighted by Crippen LogP contribution is 2.32. The van der Waals surface area contributed by atoms with Crippen molar-refractivity contribution in [3.8, 4) is 0 Å². The molecule has 0 saturated heterocycles. The fraction of sp³-hybridized carbons (Fsp3) is 0.462. The molecule has 0 unspecified atom stereocenters. The van der Waals surface area contributed by atoms with Gasteiger partial charge < -0.3 is 9.64 Å². The number of hydrogen-bond donors (Lipinski definition) is 0. The summed E-state index contributed by atoms with van der Waals surface area (Å²) in [4.78, 5) is 12.6. The number of hydrogen-bond acceptors (Lipinski definition) is 3. The van der Waals surface area contributed by atoms with Crippen molar-refractivity contribution in [3.05, 3.63) is 29.6 Å². The maximum absolute atomic E-state index is 13.8. The van der Waals surface area contributed by atoms with Gasteiger partial charge in [0.15, 0.2) is 0 Å². The SMILES string of the molecule is CCCN(CC(=O)OC)c1ccc(C(F)(F)F)cc1F. The van der Waals surface area contributed by atoms with Crippen molar-refractivity contribution in [1.29, 1.82) is 0 Å². The topological polar surface area (TPSA) is 29.5 Å². The first-order valence-electron chi connectivity index (χ1n) is 5.98. The Morgan fingerprint density at radius 2 is 2.00 bits per heavy atom. The lowest BCUT2D eigenvalue weighted by molar-refractivity contribution is -0.139. The lowest BCUT2D eigenvalue weighted by Gasteiger charge is -2.24. The Hall–Kier alpha value is -1.79. The molecule has 0 saturated carbocycles. The number of benzene rings is 1. The van der Waals surface area contributed by atoms with Crippen molar-refractivity contribution in [2.75, 3.05) is 25.1 Å². The van der Waals surface area contributed by atoms with Gasteiger partial charge in [-0.3, -0.25) is 4.79 Å². The van der Waals surface area contributed by atoms with Gasteiger partial charge in [-0.15, -0.1) is 0 Å². The van der Waals surface area contributed by atoms with E-state index in [2.05, 4.69) is 4.74 Å². The summed E-state index contributed by atoms with van der Waals surface area (Å²) in [7, 11) is 1.19. The summed E-state index contributed by atoms with van der Waals surface area (Å²) >= 11 is 0. The van der Waals surface area contributed by atoms with Crippen LogP contribution < -0.4 is 4.90 Å². The Labute approximate surface area is 114 Å². The second kappa shape index (κ2) is 6.58. The molecule has 0 bridgehead atoms. The first-order valence-corrected chi connectivity index (χ1v) is 5.98. The monoisotopic (exact) mass is 293 g/mol. The Morgan fingerprint density at radius 3 is 2.45 bits per heavy atom. The van der Waals surface area contributed by atoms with Crippen LogP contribution in [-0.4, -0.2) is 26.2 Å². The number of halogens is 4. The van der Waals surface area contributed by atoms with Crippen LogP contribution in [0.1, 0.15) is 18.9 Å². The Bertz CT molecular complexity index is 474. The molecule has 0 spiro atoms. The van der Waals surface area contributed by atoms with Crippen molar-refractivity contribution >= 4 is 11.7 Å². The third kappa shape index (κ3) is 4.11. The van der Waals surface area contributed by atoms with Gasteiger partial charge in [-0.1, -0.05) is 6.92 Å². The zero-order valence-corrected chi connectivity index (χ0v) is 11.1. The number of carbonyl (C=O) groups is 1. The van der Waals surface area contributed by atoms with Crippen molar-refractivity contribution in [1.82, 2.24) is 0 Å². The molecule has 0 aromatic heterocycles. The molecule has 0 aliphatic rings. The molecule has 0 aliphatic carbocycles. The minimum absolute atomic E-state index is 0.0507. The molecule has 0 amide bonds. The summed E-state index contributed by atoms with van der Waals surface area (Å²) in [6.07, 6.45) is -3.99. The van der Waals surface area contributed by atoms with E-state index in [0.29, 0.717) is 19.0 Å². The largest absolute Gasteiger partial charge is 0.468 e. The number of anilines is 1. The molecule has 112 valence electrons. The van der Waals surface area contributed by atoms with Gasteiger partial charge in [-0.05, 0) is 24.6 Å². The quantitative estimate of drug-likeness (QED) is 0.616. The normalized spacial score (nSPS) is 11.3. The van der Waals surface area contributed by atoms with Gasteiger partial charge in [0.05, 0.1) is 18.4 Å². The van der Waals surface area contributed by atoms with E-state index in [4.69, 9.17) is 0 Å². The van der Waals surface area contributed by atoms with Crippen LogP contribution in [0, 0.1) is 5.82 Å². The average molecular weight is 293 g/mol. The predicted molar refractivity (Wildman–Crippen MR) is 65.9 cm³/mol. The Balaban J connectivity index is 3.05. The van der Waals surface area contributed by atoms with Crippen LogP contribution in [0.4, 0.5) is 23.2 Å². The zero-order valence-electron chi connectivity index (χ0n) is 11.1. The number of ether oxygens (including phenoxy) is 1. The second-order valence-corrected chi connectivity index (χ2v) is 4.16. The molecule has 3 nitrogen and oxygen atoms in total. The Kier molecular flexibility index (Phi) is 5.35. The molecular weight excluding hydrogens is 278 g/mol. The molecule has 7 heteroatoms. The number of rotatable bonds is 5. The summed E-state index contributed by atoms with van der Waals surface area (Å²) < 4.78 is 55.7. The van der Waals surface area contributed by atoms with E-state index in [-0.39, 0.29) is 12.2 Å². The smallest absolute Gasteiger partial charge is 0.416 e. The zero-order chi connectivity index (χ0) is 15.3. The molecule has 0 radical (unpaired) electrons. The number of methoxy groups -OCH3 is 1. The average Bonchev–Trinajstić information content (AvgIpc) is 2.37. The maximum atomic E-state index is 13.8. The third-order valence-electron chi connectivity index (χ3n) is 2.66. The third-order valence-corrected chi connectivity index (χ3v) is 2.66. The lowest BCUT2D eigenvalue weighted by Crippen LogP contribution is -2.32. The molecule has 0 fully saturated rings. The lowest BCUT2D eigenvalue weighted by atomic mass is 10.1. The standard InChI is InChI=1S/C13H15F4NO2/c1-3-6-18(8-12(19)20-2)11-5-4-9(7-10(11)14)13(15,16)17/h4-5,7H,3,6,8H2,1-2H3. The predicted octanol–water partition coefficient (Wildman–Crippen LogP) is 3.23. The van der Waals surface area contributed by atoms with Gasteiger partial charge in [-0.25, -0.2) is 4.39 Å². The molecule has 0 heterocycles. The second-order valence-electron chi connectivity index (χ2n) is 4.16. The van der Waals surface area contributed by atoms with Crippen molar-refractivity contribution in [2.45, 2.75) is 19.5 Å². The molecule has 0 N–H and O–H groups in total. The molecule has 1 aromatic carbocycles. The maximum Gasteiger partial charge on any atom is 0.416 e. The van der Waals surface area contributed by atoms with Gasteiger partial charge in [-0.2, -0.15) is 13.2 Å². The minimum atomic E-state index is -4.60. The molecule has 0 aliphatic heterocycles. The summed E-state index contributed by atoms with van der Waals surface area (Å²) in [5.74, 6) is -1.60. The van der Waals surface area contributed by atoms with Crippen molar-refractivity contribution in [3.63, 3.8) is 0 Å². The van der Waals surface area contributed by atoms with Gasteiger partial charge in [0.25, 0.3) is 0 Å². The van der Waals surface area contributed by atoms with E-state index in [1.54, 1.807) is 0 Å². The minimum Gasteiger partial charge on any atom is -0.468 e. The first-order chi connectivity index (χ1) is 9.29. The van der Waals surface area contributed by atoms with Crippen LogP contribution in [0.15, 0.2) is 18.2 Å². The van der Waals surface area contributed by atoms with E-state index < -0.39 is 23.5 Å². The summed E-state index contributed by atoms with van der Waals surface area (Å²) in [5.41, 5.74) is -1.11. The van der Waals surface area contributed by atoms with E-state index in [0.717, 1.165) is 12.1 Å². The fourth-order valence-corrected chi connectivity index (χ4v) is 1.71. The highest BCUT2D eigenvalue weighted by molar-refractivity contribution is 5.75. The molecule has 0 atom stereocenters. The number of esters is 1. The molecule has 1 aromatic rings. The van der Waals surface area contributed by atoms with Gasteiger partial charge in [0.2, 0.25) is 0 Å². The summed E-state index contributed by atoms with van der Waals surface area (Å²) in [6.45, 7) is 1.93. The highest BCUT2D eigenvalue weighted by atomic mass is 19.4. The van der Waals surface area contributed by atoms with Crippen LogP contribution in [0.5, 0.6) is 0 Å². The molecule has 20 heavy (non-hydrogen) atoms. The van der Waals surface area contributed by atoms with Crippen molar-refractivity contribution in [2.24, 2.45) is 0 Å². The molecule has 1 rings (SSSR count). The van der Waals surface area contributed by atoms with E-state index in [9.17, 15) is 22.4 Å². The van der Waals surface area contributed by atoms with Gasteiger partial charge in [0.1, 0.15) is 12.4 Å². The number of alkyl halides is 3. The fourth-order valence-electron chi connectivity index (χ4n) is 1.71. The van der Waals surface area contributed by atoms with Crippen LogP contribution in [0.3, 0.4) is 0 Å². The van der Waals surface area contributed by atoms with Crippen LogP contribution in [-0.2, 0) is 15.7 Å². The summed E-state index contributed by atoms with van der Waals surface area (Å²) in [5, 5.41) is 0. The Morgan fingerprint density at radius 1 is 1.35 bits per heavy atom. The first kappa shape index (κ1) is 16.3. The van der Waals surface area contributed by atoms with E-state index in [1.807, 2.05) is 6.92 Å². The molecular formula is C13H15F4NO2. The van der Waals surface area contributed by atoms with Crippen LogP contribution >= 0.6 is 0 Å². The van der Waals surface area contributed by atoms with Crippen molar-refractivity contribution < 1.29 is 27.1 Å². The van der Waals surface area contributed by atoms with E-state index in [1.165, 1.54) is 12.0 Å². The van der Waals surface area contributed by atoms with Gasteiger partial charge >= 0.3 is 12.1 Å². The van der Waals surface area contributed by atoms with Gasteiger partial charge in [0, 0.05) is 6.54 Å². The highest BCUT2D eigenvalue weighted by Gasteiger charge is 2.31. The van der Waals surface area contributed by atoms with E-state index >= 15 is 0 Å². The number of carbonyl (C=O) groups excluding carboxylic acids is 1. The summed E-state index contributed by atoms with van der Waals surface area (Å²) in [6, 6.07) is 2.24.